The predicted octanol–water partition coefficient (Wildman–Crippen LogP) is 0.910. The number of carbonyl (C=O) groups excluding carboxylic acids is 2. The molecule has 0 fully saturated rings. The summed E-state index contributed by atoms with van der Waals surface area (Å²) in [7, 11) is 1.50. The van der Waals surface area contributed by atoms with Crippen LogP contribution in [-0.2, 0) is 9.59 Å². The Hall–Kier alpha value is -2.02. The Bertz CT molecular complexity index is 578. The molecule has 19 heavy (non-hydrogen) atoms. The Labute approximate surface area is 113 Å². The van der Waals surface area contributed by atoms with Gasteiger partial charge in [0.05, 0.1) is 0 Å². The van der Waals surface area contributed by atoms with Crippen LogP contribution in [-0.4, -0.2) is 29.1 Å². The number of rotatable bonds is 5. The van der Waals surface area contributed by atoms with Gasteiger partial charge in [-0.2, -0.15) is 0 Å². The number of fused-ring (bicyclic) bond motifs is 1. The van der Waals surface area contributed by atoms with Gasteiger partial charge in [0.25, 0.3) is 5.22 Å². The highest BCUT2D eigenvalue weighted by molar-refractivity contribution is 8.00. The molecule has 6 nitrogen and oxygen atoms in total. The number of nitrogens with two attached hydrogens (primary N) is 1. The van der Waals surface area contributed by atoms with Gasteiger partial charge in [0.15, 0.2) is 5.58 Å². The summed E-state index contributed by atoms with van der Waals surface area (Å²) in [5, 5.41) is 2.08. The third kappa shape index (κ3) is 3.25. The minimum Gasteiger partial charge on any atom is -0.431 e. The van der Waals surface area contributed by atoms with Gasteiger partial charge in [-0.3, -0.25) is 9.59 Å². The fourth-order valence-corrected chi connectivity index (χ4v) is 2.38. The fourth-order valence-electron chi connectivity index (χ4n) is 1.49. The molecule has 0 saturated carbocycles. The second kappa shape index (κ2) is 5.75. The maximum Gasteiger partial charge on any atom is 0.257 e. The Balaban J connectivity index is 2.16. The van der Waals surface area contributed by atoms with Crippen molar-refractivity contribution in [3.63, 3.8) is 0 Å². The zero-order chi connectivity index (χ0) is 13.8. The summed E-state index contributed by atoms with van der Waals surface area (Å²) < 4.78 is 5.48. The highest BCUT2D eigenvalue weighted by atomic mass is 32.2. The van der Waals surface area contributed by atoms with Crippen LogP contribution < -0.4 is 11.1 Å². The summed E-state index contributed by atoms with van der Waals surface area (Å²) >= 11 is 1.05. The number of oxazole rings is 1. The summed E-state index contributed by atoms with van der Waals surface area (Å²) in [6.07, 6.45) is -0.00474. The number of thioether (sulfide) groups is 1. The van der Waals surface area contributed by atoms with Crippen molar-refractivity contribution in [2.45, 2.75) is 16.9 Å². The number of benzene rings is 1. The lowest BCUT2D eigenvalue weighted by molar-refractivity contribution is -0.124. The van der Waals surface area contributed by atoms with E-state index in [1.165, 1.54) is 7.05 Å². The molecule has 0 bridgehead atoms. The number of hydrogen-bond donors (Lipinski definition) is 2. The largest absolute Gasteiger partial charge is 0.431 e. The number of nitrogens with one attached hydrogen (secondary N) is 1. The molecule has 1 atom stereocenters. The SMILES string of the molecule is CNC(=O)CC(Sc1nc2ccccc2o1)C(N)=O. The second-order valence-electron chi connectivity index (χ2n) is 3.83. The maximum atomic E-state index is 11.3. The van der Waals surface area contributed by atoms with Crippen LogP contribution in [0.5, 0.6) is 0 Å². The summed E-state index contributed by atoms with van der Waals surface area (Å²) in [5.41, 5.74) is 6.61. The van der Waals surface area contributed by atoms with E-state index < -0.39 is 11.2 Å². The van der Waals surface area contributed by atoms with Gasteiger partial charge < -0.3 is 15.5 Å². The lowest BCUT2D eigenvalue weighted by Gasteiger charge is -2.08. The number of hydrogen-bond acceptors (Lipinski definition) is 5. The zero-order valence-electron chi connectivity index (χ0n) is 10.3. The molecule has 0 aliphatic carbocycles. The Morgan fingerprint density at radius 3 is 2.84 bits per heavy atom. The fraction of sp³-hybridized carbons (Fsp3) is 0.250. The quantitative estimate of drug-likeness (QED) is 0.793. The first-order chi connectivity index (χ1) is 9.10. The third-order valence-electron chi connectivity index (χ3n) is 2.48. The molecule has 100 valence electrons. The first kappa shape index (κ1) is 13.4. The molecule has 2 aromatic rings. The lowest BCUT2D eigenvalue weighted by Crippen LogP contribution is -2.31. The van der Waals surface area contributed by atoms with Crippen molar-refractivity contribution in [3.05, 3.63) is 24.3 Å². The number of primary amides is 1. The van der Waals surface area contributed by atoms with Gasteiger partial charge in [-0.25, -0.2) is 4.98 Å². The number of amides is 2. The van der Waals surface area contributed by atoms with Crippen LogP contribution in [0.2, 0.25) is 0 Å². The molecule has 2 amide bonds. The van der Waals surface area contributed by atoms with E-state index in [9.17, 15) is 9.59 Å². The Morgan fingerprint density at radius 1 is 1.47 bits per heavy atom. The highest BCUT2D eigenvalue weighted by Gasteiger charge is 2.23. The van der Waals surface area contributed by atoms with E-state index in [-0.39, 0.29) is 12.3 Å². The predicted molar refractivity (Wildman–Crippen MR) is 71.5 cm³/mol. The molecule has 1 unspecified atom stereocenters. The van der Waals surface area contributed by atoms with Gasteiger partial charge in [-0.05, 0) is 12.1 Å². The van der Waals surface area contributed by atoms with E-state index in [2.05, 4.69) is 10.3 Å². The zero-order valence-corrected chi connectivity index (χ0v) is 11.1. The molecular formula is C12H13N3O3S. The van der Waals surface area contributed by atoms with E-state index >= 15 is 0 Å². The average Bonchev–Trinajstić information content (AvgIpc) is 2.79. The molecule has 0 aliphatic rings. The van der Waals surface area contributed by atoms with E-state index in [0.717, 1.165) is 11.8 Å². The van der Waals surface area contributed by atoms with Crippen LogP contribution >= 0.6 is 11.8 Å². The van der Waals surface area contributed by atoms with Gasteiger partial charge in [0, 0.05) is 13.5 Å². The molecule has 2 rings (SSSR count). The molecule has 0 spiro atoms. The van der Waals surface area contributed by atoms with E-state index in [1.807, 2.05) is 12.1 Å². The van der Waals surface area contributed by atoms with E-state index in [0.29, 0.717) is 16.3 Å². The van der Waals surface area contributed by atoms with Gasteiger partial charge in [0.1, 0.15) is 10.8 Å². The van der Waals surface area contributed by atoms with Crippen LogP contribution in [0, 0.1) is 0 Å². The van der Waals surface area contributed by atoms with Crippen LogP contribution in [0.25, 0.3) is 11.1 Å². The van der Waals surface area contributed by atoms with Gasteiger partial charge in [-0.1, -0.05) is 23.9 Å². The van der Waals surface area contributed by atoms with Crippen molar-refractivity contribution in [1.82, 2.24) is 10.3 Å². The van der Waals surface area contributed by atoms with Gasteiger partial charge in [0.2, 0.25) is 11.8 Å². The second-order valence-corrected chi connectivity index (χ2v) is 4.99. The summed E-state index contributed by atoms with van der Waals surface area (Å²) in [4.78, 5) is 26.9. The topological polar surface area (TPSA) is 98.2 Å². The smallest absolute Gasteiger partial charge is 0.257 e. The number of para-hydroxylation sites is 2. The molecule has 1 aromatic heterocycles. The van der Waals surface area contributed by atoms with Crippen molar-refractivity contribution in [3.8, 4) is 0 Å². The summed E-state index contributed by atoms with van der Waals surface area (Å²) in [6.45, 7) is 0. The molecule has 0 saturated heterocycles. The first-order valence-corrected chi connectivity index (χ1v) is 6.50. The van der Waals surface area contributed by atoms with E-state index in [1.54, 1.807) is 12.1 Å². The molecule has 7 heteroatoms. The number of aromatic nitrogens is 1. The van der Waals surface area contributed by atoms with Crippen LogP contribution in [0.3, 0.4) is 0 Å². The Morgan fingerprint density at radius 2 is 2.21 bits per heavy atom. The lowest BCUT2D eigenvalue weighted by atomic mass is 10.3. The third-order valence-corrected chi connectivity index (χ3v) is 3.54. The molecule has 1 heterocycles. The van der Waals surface area contributed by atoms with Crippen molar-refractivity contribution in [2.75, 3.05) is 7.05 Å². The average molecular weight is 279 g/mol. The summed E-state index contributed by atoms with van der Waals surface area (Å²) in [6, 6.07) is 7.26. The Kier molecular flexibility index (Phi) is 4.06. The van der Waals surface area contributed by atoms with Gasteiger partial charge >= 0.3 is 0 Å². The van der Waals surface area contributed by atoms with Gasteiger partial charge in [-0.15, -0.1) is 0 Å². The normalized spacial score (nSPS) is 12.3. The summed E-state index contributed by atoms with van der Waals surface area (Å²) in [5.74, 6) is -0.830. The van der Waals surface area contributed by atoms with Crippen molar-refractivity contribution >= 4 is 34.7 Å². The molecule has 3 N–H and O–H groups in total. The monoisotopic (exact) mass is 279 g/mol. The van der Waals surface area contributed by atoms with Crippen molar-refractivity contribution < 1.29 is 14.0 Å². The van der Waals surface area contributed by atoms with E-state index in [4.69, 9.17) is 10.2 Å². The minimum absolute atomic E-state index is 0.00474. The molecular weight excluding hydrogens is 266 g/mol. The van der Waals surface area contributed by atoms with Crippen molar-refractivity contribution in [2.24, 2.45) is 5.73 Å². The number of nitrogens with zero attached hydrogens (tertiary/aromatic N) is 1. The molecule has 0 aliphatic heterocycles. The van der Waals surface area contributed by atoms with Crippen LogP contribution in [0.15, 0.2) is 33.9 Å². The highest BCUT2D eigenvalue weighted by Crippen LogP contribution is 2.28. The minimum atomic E-state index is -0.701. The standard InChI is InChI=1S/C12H13N3O3S/c1-14-10(16)6-9(11(13)17)19-12-15-7-4-2-3-5-8(7)18-12/h2-5,9H,6H2,1H3,(H2,13,17)(H,14,16). The maximum absolute atomic E-state index is 11.3. The molecule has 1 aromatic carbocycles. The van der Waals surface area contributed by atoms with Crippen molar-refractivity contribution in [1.29, 1.82) is 0 Å². The molecule has 0 radical (unpaired) electrons. The van der Waals surface area contributed by atoms with Crippen LogP contribution in [0.1, 0.15) is 6.42 Å². The first-order valence-electron chi connectivity index (χ1n) is 5.62. The van der Waals surface area contributed by atoms with Crippen LogP contribution in [0.4, 0.5) is 0 Å². The number of carbonyl (C=O) groups is 2.